The van der Waals surface area contributed by atoms with Crippen molar-refractivity contribution < 1.29 is 54.8 Å². The predicted molar refractivity (Wildman–Crippen MR) is 303 cm³/mol. The van der Waals surface area contributed by atoms with Gasteiger partial charge >= 0.3 is 0 Å². The molecule has 428 valence electrons. The van der Waals surface area contributed by atoms with Gasteiger partial charge in [0.25, 0.3) is 0 Å². The summed E-state index contributed by atoms with van der Waals surface area (Å²) in [7, 11) is 0. The van der Waals surface area contributed by atoms with Crippen LogP contribution in [-0.4, -0.2) is 66.1 Å². The van der Waals surface area contributed by atoms with Crippen LogP contribution in [0.25, 0.3) is 0 Å². The van der Waals surface area contributed by atoms with Crippen LogP contribution in [0.1, 0.15) is 121 Å². The smallest absolute Gasteiger partial charge is 0.194 e. The first-order valence-corrected chi connectivity index (χ1v) is 28.8. The van der Waals surface area contributed by atoms with E-state index in [-0.39, 0.29) is 22.2 Å². The Labute approximate surface area is 468 Å². The molecule has 6 aromatic rings. The normalized spacial score (nSPS) is 16.1. The molecule has 0 amide bonds. The molecule has 0 N–H and O–H groups in total. The number of nitrogens with zero attached hydrogens (tertiary/aromatic N) is 2. The average molecular weight is 1110 g/mol. The summed E-state index contributed by atoms with van der Waals surface area (Å²) in [4.78, 5) is 3.37. The maximum atomic E-state index is 14.9. The first-order valence-electron chi connectivity index (χ1n) is 28.8. The number of benzene rings is 6. The van der Waals surface area contributed by atoms with Gasteiger partial charge in [0, 0.05) is 76.5 Å². The van der Waals surface area contributed by atoms with Crippen molar-refractivity contribution in [1.29, 1.82) is 0 Å². The molecule has 0 atom stereocenters. The molecule has 1 saturated carbocycles. The van der Waals surface area contributed by atoms with Crippen molar-refractivity contribution in [2.75, 3.05) is 75.9 Å². The summed E-state index contributed by atoms with van der Waals surface area (Å²) in [5, 5.41) is 0. The zero-order chi connectivity index (χ0) is 56.0. The number of hydrogen-bond acceptors (Lipinski definition) is 8. The Kier molecular flexibility index (Phi) is 20.2. The Morgan fingerprint density at radius 3 is 1.04 bits per heavy atom. The van der Waals surface area contributed by atoms with Crippen LogP contribution in [0.5, 0.6) is 11.5 Å². The van der Waals surface area contributed by atoms with Crippen LogP contribution >= 0.6 is 0 Å². The van der Waals surface area contributed by atoms with Crippen LogP contribution in [0.3, 0.4) is 0 Å². The minimum atomic E-state index is -1.54. The van der Waals surface area contributed by atoms with Gasteiger partial charge in [0.15, 0.2) is 34.9 Å². The summed E-state index contributed by atoms with van der Waals surface area (Å²) in [6, 6.07) is 34.3. The highest BCUT2D eigenvalue weighted by Gasteiger charge is 2.39. The van der Waals surface area contributed by atoms with Gasteiger partial charge in [-0.3, -0.25) is 0 Å². The van der Waals surface area contributed by atoms with E-state index < -0.39 is 40.3 Å². The first kappa shape index (κ1) is 58.6. The van der Waals surface area contributed by atoms with Gasteiger partial charge in [-0.15, -0.1) is 0 Å². The second-order valence-corrected chi connectivity index (χ2v) is 22.2. The van der Waals surface area contributed by atoms with E-state index in [1.807, 2.05) is 97.1 Å². The van der Waals surface area contributed by atoms with Gasteiger partial charge in [-0.1, -0.05) is 70.2 Å². The monoisotopic (exact) mass is 1110 g/mol. The van der Waals surface area contributed by atoms with E-state index in [0.717, 1.165) is 185 Å². The van der Waals surface area contributed by atoms with Crippen molar-refractivity contribution in [3.63, 3.8) is 0 Å². The lowest BCUT2D eigenvalue weighted by atomic mass is 9.65. The molecule has 0 radical (unpaired) electrons. The van der Waals surface area contributed by atoms with Crippen molar-refractivity contribution in [3.05, 3.63) is 167 Å². The molecule has 9 rings (SSSR count). The number of ether oxygens (including phenoxy) is 6. The van der Waals surface area contributed by atoms with Crippen LogP contribution in [-0.2, 0) is 24.4 Å². The van der Waals surface area contributed by atoms with E-state index in [1.54, 1.807) is 9.80 Å². The lowest BCUT2D eigenvalue weighted by Gasteiger charge is -2.40. The fourth-order valence-corrected chi connectivity index (χ4v) is 11.2. The summed E-state index contributed by atoms with van der Waals surface area (Å²) in [6.45, 7) is 11.5. The average Bonchev–Trinajstić information content (AvgIpc) is 3.51. The minimum absolute atomic E-state index is 0.108. The zero-order valence-electron chi connectivity index (χ0n) is 46.3. The minimum Gasteiger partial charge on any atom is -0.494 e. The largest absolute Gasteiger partial charge is 0.494 e. The van der Waals surface area contributed by atoms with Gasteiger partial charge < -0.3 is 38.2 Å². The third kappa shape index (κ3) is 14.2. The highest BCUT2D eigenvalue weighted by molar-refractivity contribution is 5.78. The molecule has 2 saturated heterocycles. The van der Waals surface area contributed by atoms with Crippen LogP contribution in [0, 0.1) is 45.7 Å². The topological polar surface area (TPSA) is 61.9 Å². The lowest BCUT2D eigenvalue weighted by molar-refractivity contribution is -0.150. The molecule has 3 fully saturated rings. The lowest BCUT2D eigenvalue weighted by Crippen LogP contribution is -2.45. The summed E-state index contributed by atoms with van der Waals surface area (Å²) in [5.41, 5.74) is 4.65. The second-order valence-electron chi connectivity index (χ2n) is 22.2. The van der Waals surface area contributed by atoms with Gasteiger partial charge in [0.05, 0.1) is 64.2 Å². The van der Waals surface area contributed by atoms with Crippen LogP contribution < -0.4 is 19.3 Å². The number of hydrogen-bond donors (Lipinski definition) is 0. The molecule has 0 bridgehead atoms. The van der Waals surface area contributed by atoms with Gasteiger partial charge in [-0.25, -0.2) is 26.3 Å². The SMILES string of the molecule is CCC1(COCCCCCCOc2ccc(N(c3ccc(C4(c5ccc(N(c6ccc(OCCCCCCOCC7(CC)COC7)cc6)c6cc(F)c(F)c(F)c6)cc5)CCCCC4)cc3)c3cc(F)c(F)c(F)c3)cc2)COC1. The van der Waals surface area contributed by atoms with Gasteiger partial charge in [0.2, 0.25) is 0 Å². The number of unbranched alkanes of at least 4 members (excludes halogenated alkanes) is 6. The van der Waals surface area contributed by atoms with Gasteiger partial charge in [0.1, 0.15) is 11.5 Å². The first-order chi connectivity index (χ1) is 38.9. The second kappa shape index (κ2) is 27.6. The highest BCUT2D eigenvalue weighted by atomic mass is 19.2. The summed E-state index contributed by atoms with van der Waals surface area (Å²) in [6.07, 6.45) is 14.7. The molecule has 8 nitrogen and oxygen atoms in total. The number of rotatable bonds is 30. The van der Waals surface area contributed by atoms with Crippen LogP contribution in [0.4, 0.5) is 60.5 Å². The molecule has 0 spiro atoms. The molecule has 6 aromatic carbocycles. The Balaban J connectivity index is 0.870. The van der Waals surface area contributed by atoms with Crippen molar-refractivity contribution in [1.82, 2.24) is 0 Å². The Morgan fingerprint density at radius 1 is 0.400 bits per heavy atom. The van der Waals surface area contributed by atoms with Crippen LogP contribution in [0.2, 0.25) is 0 Å². The molecule has 2 heterocycles. The summed E-state index contributed by atoms with van der Waals surface area (Å²) >= 11 is 0. The fraction of sp³-hybridized carbons (Fsp3) is 0.455. The third-order valence-corrected chi connectivity index (χ3v) is 16.6. The van der Waals surface area contributed by atoms with E-state index in [4.69, 9.17) is 28.4 Å². The van der Waals surface area contributed by atoms with E-state index in [9.17, 15) is 26.3 Å². The maximum Gasteiger partial charge on any atom is 0.194 e. The predicted octanol–water partition coefficient (Wildman–Crippen LogP) is 17.5. The van der Waals surface area contributed by atoms with E-state index in [1.165, 1.54) is 0 Å². The van der Waals surface area contributed by atoms with Crippen molar-refractivity contribution in [2.24, 2.45) is 10.8 Å². The van der Waals surface area contributed by atoms with Crippen molar-refractivity contribution in [3.8, 4) is 11.5 Å². The van der Waals surface area contributed by atoms with E-state index >= 15 is 0 Å². The third-order valence-electron chi connectivity index (χ3n) is 16.6. The molecule has 0 unspecified atom stereocenters. The van der Waals surface area contributed by atoms with Crippen LogP contribution in [0.15, 0.2) is 121 Å². The summed E-state index contributed by atoms with van der Waals surface area (Å²) in [5.74, 6) is -6.99. The molecular weight excluding hydrogens is 1030 g/mol. The number of anilines is 6. The molecular formula is C66H76F6N2O6. The molecule has 1 aliphatic carbocycles. The quantitative estimate of drug-likeness (QED) is 0.0251. The Bertz CT molecular complexity index is 2650. The van der Waals surface area contributed by atoms with Gasteiger partial charge in [-0.2, -0.15) is 0 Å². The Morgan fingerprint density at radius 2 is 0.725 bits per heavy atom. The molecule has 80 heavy (non-hydrogen) atoms. The number of halogens is 6. The molecule has 3 aliphatic rings. The maximum absolute atomic E-state index is 14.9. The van der Waals surface area contributed by atoms with Gasteiger partial charge in [-0.05, 0) is 148 Å². The zero-order valence-corrected chi connectivity index (χ0v) is 46.3. The van der Waals surface area contributed by atoms with Crippen molar-refractivity contribution >= 4 is 34.1 Å². The molecule has 2 aliphatic heterocycles. The van der Waals surface area contributed by atoms with E-state index in [0.29, 0.717) is 47.5 Å². The molecule has 0 aromatic heterocycles. The van der Waals surface area contributed by atoms with Crippen molar-refractivity contribution in [2.45, 2.75) is 116 Å². The highest BCUT2D eigenvalue weighted by Crippen LogP contribution is 2.48. The fourth-order valence-electron chi connectivity index (χ4n) is 11.2. The standard InChI is InChI=1S/C66H76F6N2O6/c1-3-64(44-77-45-64)42-75-34-12-5-7-14-36-79-56-28-24-52(25-29-56)73(54-38-58(67)62(71)59(68)39-54)50-20-16-48(17-21-50)66(32-10-9-11-33-66)49-18-22-51(23-19-49)74(55-40-60(69)63(72)61(70)41-55)53-26-30-57(31-27-53)80-37-15-8-6-13-35-76-43-65(4-2)46-78-47-65/h16-31,38-41H,3-15,32-37,42-47H2,1-2H3. The van der Waals surface area contributed by atoms with E-state index in [2.05, 4.69) is 13.8 Å². The molecule has 14 heteroatoms. The Hall–Kier alpha value is -6.06. The summed E-state index contributed by atoms with van der Waals surface area (Å²) < 4.78 is 123.